The van der Waals surface area contributed by atoms with Crippen LogP contribution in [0.15, 0.2) is 46.9 Å². The average molecular weight is 484 g/mol. The van der Waals surface area contributed by atoms with E-state index < -0.39 is 5.97 Å². The van der Waals surface area contributed by atoms with E-state index in [2.05, 4.69) is 26.2 Å². The van der Waals surface area contributed by atoms with Gasteiger partial charge in [0.25, 0.3) is 5.91 Å². The van der Waals surface area contributed by atoms with Gasteiger partial charge in [-0.2, -0.15) is 0 Å². The Bertz CT molecular complexity index is 962. The van der Waals surface area contributed by atoms with Crippen molar-refractivity contribution in [3.63, 3.8) is 0 Å². The van der Waals surface area contributed by atoms with Gasteiger partial charge in [-0.25, -0.2) is 9.78 Å². The number of hydrogen-bond acceptors (Lipinski definition) is 6. The molecule has 0 unspecified atom stereocenters. The number of thiazole rings is 1. The van der Waals surface area contributed by atoms with Gasteiger partial charge in [-0.05, 0) is 46.3 Å². The molecule has 0 fully saturated rings. The third-order valence-corrected chi connectivity index (χ3v) is 5.55. The summed E-state index contributed by atoms with van der Waals surface area (Å²) in [6.07, 6.45) is 0.618. The van der Waals surface area contributed by atoms with Crippen LogP contribution in [-0.4, -0.2) is 36.6 Å². The lowest BCUT2D eigenvalue weighted by atomic mass is 10.3. The Kier molecular flexibility index (Phi) is 7.24. The normalized spacial score (nSPS) is 10.6. The van der Waals surface area contributed by atoms with E-state index in [1.165, 1.54) is 0 Å². The van der Waals surface area contributed by atoms with Gasteiger partial charge in [0, 0.05) is 18.0 Å². The molecule has 0 atom stereocenters. The molecule has 1 heterocycles. The zero-order valence-corrected chi connectivity index (χ0v) is 17.8. The maximum atomic E-state index is 11.8. The summed E-state index contributed by atoms with van der Waals surface area (Å²) in [7, 11) is 0. The fraction of sp³-hybridized carbons (Fsp3) is 0.211. The number of esters is 1. The molecule has 28 heavy (non-hydrogen) atoms. The van der Waals surface area contributed by atoms with E-state index >= 15 is 0 Å². The molecule has 0 bridgehead atoms. The summed E-state index contributed by atoms with van der Waals surface area (Å²) < 4.78 is 12.0. The molecule has 3 aromatic rings. The van der Waals surface area contributed by atoms with Crippen LogP contribution in [0.3, 0.4) is 0 Å². The number of para-hydroxylation sites is 1. The van der Waals surface area contributed by atoms with Crippen molar-refractivity contribution in [1.82, 2.24) is 10.3 Å². The summed E-state index contributed by atoms with van der Waals surface area (Å²) in [5, 5.41) is 4.20. The molecule has 146 valence electrons. The van der Waals surface area contributed by atoms with Crippen LogP contribution in [0.2, 0.25) is 5.02 Å². The molecule has 0 saturated heterocycles. The number of hydrogen-bond donors (Lipinski definition) is 1. The summed E-state index contributed by atoms with van der Waals surface area (Å²) in [5.74, 6) is -0.549. The number of aromatic nitrogens is 1. The first-order valence-corrected chi connectivity index (χ1v) is 10.3. The van der Waals surface area contributed by atoms with E-state index in [1.807, 2.05) is 24.3 Å². The van der Waals surface area contributed by atoms with Gasteiger partial charge in [0.15, 0.2) is 13.2 Å². The van der Waals surface area contributed by atoms with Gasteiger partial charge in [-0.3, -0.25) is 4.79 Å². The Hall–Kier alpha value is -2.16. The maximum absolute atomic E-state index is 11.8. The van der Waals surface area contributed by atoms with Crippen LogP contribution in [0.25, 0.3) is 10.2 Å². The number of rotatable bonds is 8. The molecule has 6 nitrogen and oxygen atoms in total. The zero-order chi connectivity index (χ0) is 19.9. The average Bonchev–Trinajstić information content (AvgIpc) is 3.08. The molecule has 1 N–H and O–H groups in total. The van der Waals surface area contributed by atoms with Crippen molar-refractivity contribution in [3.05, 3.63) is 57.0 Å². The lowest BCUT2D eigenvalue weighted by Gasteiger charge is -2.09. The Labute approximate surface area is 178 Å². The smallest absolute Gasteiger partial charge is 0.344 e. The van der Waals surface area contributed by atoms with Crippen LogP contribution in [0.1, 0.15) is 5.01 Å². The lowest BCUT2D eigenvalue weighted by Crippen LogP contribution is -2.31. The van der Waals surface area contributed by atoms with E-state index in [0.717, 1.165) is 15.2 Å². The second kappa shape index (κ2) is 9.86. The molecule has 0 aliphatic heterocycles. The number of benzene rings is 2. The zero-order valence-electron chi connectivity index (χ0n) is 14.6. The third kappa shape index (κ3) is 5.92. The van der Waals surface area contributed by atoms with E-state index in [4.69, 9.17) is 21.1 Å². The first kappa shape index (κ1) is 20.6. The van der Waals surface area contributed by atoms with Crippen LogP contribution in [0, 0.1) is 0 Å². The van der Waals surface area contributed by atoms with Crippen molar-refractivity contribution in [2.24, 2.45) is 0 Å². The van der Waals surface area contributed by atoms with Gasteiger partial charge in [0.1, 0.15) is 5.75 Å². The molecule has 1 amide bonds. The Balaban J connectivity index is 1.35. The SMILES string of the molecule is O=C(COC(=O)COc1ccc(Cl)cc1Br)NCCc1nc2ccccc2s1. The lowest BCUT2D eigenvalue weighted by molar-refractivity contribution is -0.150. The number of carbonyl (C=O) groups is 2. The van der Waals surface area contributed by atoms with Crippen molar-refractivity contribution >= 4 is 61.0 Å². The van der Waals surface area contributed by atoms with Crippen molar-refractivity contribution < 1.29 is 19.1 Å². The van der Waals surface area contributed by atoms with Gasteiger partial charge in [-0.1, -0.05) is 23.7 Å². The molecule has 0 radical (unpaired) electrons. The largest absolute Gasteiger partial charge is 0.481 e. The van der Waals surface area contributed by atoms with Crippen molar-refractivity contribution in [3.8, 4) is 5.75 Å². The van der Waals surface area contributed by atoms with E-state index in [0.29, 0.717) is 28.2 Å². The number of carbonyl (C=O) groups excluding carboxylic acids is 2. The minimum Gasteiger partial charge on any atom is -0.481 e. The highest BCUT2D eigenvalue weighted by molar-refractivity contribution is 9.10. The molecule has 0 aliphatic carbocycles. The number of nitrogens with zero attached hydrogens (tertiary/aromatic N) is 1. The molecule has 0 saturated carbocycles. The highest BCUT2D eigenvalue weighted by Crippen LogP contribution is 2.27. The molecule has 0 aliphatic rings. The van der Waals surface area contributed by atoms with Crippen LogP contribution in [0.4, 0.5) is 0 Å². The van der Waals surface area contributed by atoms with Crippen LogP contribution < -0.4 is 10.1 Å². The number of amides is 1. The minimum absolute atomic E-state index is 0.306. The van der Waals surface area contributed by atoms with Gasteiger partial charge in [-0.15, -0.1) is 11.3 Å². The van der Waals surface area contributed by atoms with Gasteiger partial charge >= 0.3 is 5.97 Å². The second-order valence-electron chi connectivity index (χ2n) is 5.70. The first-order valence-electron chi connectivity index (χ1n) is 8.36. The van der Waals surface area contributed by atoms with Gasteiger partial charge in [0.05, 0.1) is 19.7 Å². The molecule has 1 aromatic heterocycles. The number of nitrogens with one attached hydrogen (secondary N) is 1. The fourth-order valence-electron chi connectivity index (χ4n) is 2.30. The number of fused-ring (bicyclic) bond motifs is 1. The fourth-order valence-corrected chi connectivity index (χ4v) is 4.07. The quantitative estimate of drug-likeness (QED) is 0.490. The monoisotopic (exact) mass is 482 g/mol. The maximum Gasteiger partial charge on any atom is 0.344 e. The minimum atomic E-state index is -0.636. The predicted molar refractivity (Wildman–Crippen MR) is 112 cm³/mol. The molecular weight excluding hydrogens is 468 g/mol. The topological polar surface area (TPSA) is 77.5 Å². The summed E-state index contributed by atoms with van der Waals surface area (Å²) >= 11 is 10.7. The van der Waals surface area contributed by atoms with E-state index in [-0.39, 0.29) is 19.1 Å². The highest BCUT2D eigenvalue weighted by Gasteiger charge is 2.10. The number of ether oxygens (including phenoxy) is 2. The third-order valence-electron chi connectivity index (χ3n) is 3.60. The summed E-state index contributed by atoms with van der Waals surface area (Å²) in [5.41, 5.74) is 0.954. The second-order valence-corrected chi connectivity index (χ2v) is 8.11. The predicted octanol–water partition coefficient (Wildman–Crippen LogP) is 3.99. The van der Waals surface area contributed by atoms with Crippen molar-refractivity contribution in [2.45, 2.75) is 6.42 Å². The molecule has 0 spiro atoms. The molecule has 9 heteroatoms. The number of halogens is 2. The van der Waals surface area contributed by atoms with Crippen LogP contribution in [0.5, 0.6) is 5.75 Å². The van der Waals surface area contributed by atoms with Crippen molar-refractivity contribution in [1.29, 1.82) is 0 Å². The van der Waals surface area contributed by atoms with Crippen LogP contribution in [-0.2, 0) is 20.7 Å². The summed E-state index contributed by atoms with van der Waals surface area (Å²) in [6.45, 7) is -0.243. The Morgan fingerprint density at radius 1 is 1.18 bits per heavy atom. The molecule has 3 rings (SSSR count). The summed E-state index contributed by atoms with van der Waals surface area (Å²) in [6, 6.07) is 12.8. The van der Waals surface area contributed by atoms with Gasteiger partial charge in [0.2, 0.25) is 0 Å². The molecule has 2 aromatic carbocycles. The van der Waals surface area contributed by atoms with E-state index in [9.17, 15) is 9.59 Å². The summed E-state index contributed by atoms with van der Waals surface area (Å²) in [4.78, 5) is 28.0. The Morgan fingerprint density at radius 2 is 2.00 bits per heavy atom. The Morgan fingerprint density at radius 3 is 2.79 bits per heavy atom. The van der Waals surface area contributed by atoms with Crippen LogP contribution >= 0.6 is 38.9 Å². The standard InChI is InChI=1S/C19H16BrClN2O4S/c20-13-9-12(21)5-6-15(13)26-11-19(25)27-10-17(24)22-8-7-18-23-14-3-1-2-4-16(14)28-18/h1-6,9H,7-8,10-11H2,(H,22,24). The van der Waals surface area contributed by atoms with Crippen molar-refractivity contribution in [2.75, 3.05) is 19.8 Å². The highest BCUT2D eigenvalue weighted by atomic mass is 79.9. The van der Waals surface area contributed by atoms with Gasteiger partial charge < -0.3 is 14.8 Å². The van der Waals surface area contributed by atoms with E-state index in [1.54, 1.807) is 29.5 Å². The first-order chi connectivity index (χ1) is 13.5. The molecular formula is C19H16BrClN2O4S.